The van der Waals surface area contributed by atoms with Crippen LogP contribution in [0.3, 0.4) is 0 Å². The van der Waals surface area contributed by atoms with Gasteiger partial charge in [0.15, 0.2) is 0 Å². The molecule has 0 aromatic rings. The summed E-state index contributed by atoms with van der Waals surface area (Å²) in [6.07, 6.45) is 4.72. The van der Waals surface area contributed by atoms with Crippen LogP contribution >= 0.6 is 11.6 Å². The van der Waals surface area contributed by atoms with Gasteiger partial charge in [0.2, 0.25) is 0 Å². The Bertz CT molecular complexity index is 254. The highest BCUT2D eigenvalue weighted by Gasteiger charge is 1.99. The number of oxime groups is 1. The van der Waals surface area contributed by atoms with Gasteiger partial charge in [-0.2, -0.15) is 0 Å². The van der Waals surface area contributed by atoms with Crippen LogP contribution in [0.2, 0.25) is 0 Å². The van der Waals surface area contributed by atoms with Crippen LogP contribution in [0.15, 0.2) is 27.9 Å². The Labute approximate surface area is 91.3 Å². The van der Waals surface area contributed by atoms with Crippen LogP contribution in [0.25, 0.3) is 0 Å². The van der Waals surface area contributed by atoms with Crippen LogP contribution in [0, 0.1) is 0 Å². The molecule has 0 atom stereocenters. The number of hydrogen-bond acceptors (Lipinski definition) is 2. The van der Waals surface area contributed by atoms with E-state index in [9.17, 15) is 0 Å². The van der Waals surface area contributed by atoms with Gasteiger partial charge in [-0.25, -0.2) is 0 Å². The second-order valence-corrected chi connectivity index (χ2v) is 3.27. The average molecular weight is 216 g/mol. The first kappa shape index (κ1) is 13.2. The summed E-state index contributed by atoms with van der Waals surface area (Å²) in [5.41, 5.74) is 1.85. The quantitative estimate of drug-likeness (QED) is 0.388. The summed E-state index contributed by atoms with van der Waals surface area (Å²) < 4.78 is 0. The van der Waals surface area contributed by atoms with E-state index < -0.39 is 0 Å². The van der Waals surface area contributed by atoms with E-state index in [1.165, 1.54) is 0 Å². The van der Waals surface area contributed by atoms with Crippen molar-refractivity contribution in [2.75, 3.05) is 6.61 Å². The predicted octanol–water partition coefficient (Wildman–Crippen LogP) is 3.88. The Kier molecular flexibility index (Phi) is 7.21. The molecule has 0 unspecified atom stereocenters. The van der Waals surface area contributed by atoms with Crippen LogP contribution in [0.5, 0.6) is 0 Å². The van der Waals surface area contributed by atoms with E-state index >= 15 is 0 Å². The fourth-order valence-corrected chi connectivity index (χ4v) is 0.999. The van der Waals surface area contributed by atoms with Crippen LogP contribution < -0.4 is 0 Å². The fraction of sp³-hybridized carbons (Fsp3) is 0.545. The lowest BCUT2D eigenvalue weighted by Crippen LogP contribution is -1.97. The summed E-state index contributed by atoms with van der Waals surface area (Å²) in [4.78, 5) is 4.97. The number of rotatable bonds is 5. The van der Waals surface area contributed by atoms with Gasteiger partial charge in [0, 0.05) is 5.03 Å². The van der Waals surface area contributed by atoms with Gasteiger partial charge in [-0.15, -0.1) is 0 Å². The lowest BCUT2D eigenvalue weighted by atomic mass is 10.1. The molecule has 0 aliphatic rings. The lowest BCUT2D eigenvalue weighted by Gasteiger charge is -2.02. The summed E-state index contributed by atoms with van der Waals surface area (Å²) >= 11 is 5.94. The topological polar surface area (TPSA) is 21.6 Å². The van der Waals surface area contributed by atoms with E-state index in [0.717, 1.165) is 22.7 Å². The molecule has 2 nitrogen and oxygen atoms in total. The molecule has 0 saturated carbocycles. The van der Waals surface area contributed by atoms with Gasteiger partial charge in [0.1, 0.15) is 6.61 Å². The SMILES string of the molecule is C/C=C(\C=C(\Cl)CC)C(C)=NOCC. The van der Waals surface area contributed by atoms with Crippen molar-refractivity contribution in [2.45, 2.75) is 34.1 Å². The number of nitrogens with zero attached hydrogens (tertiary/aromatic N) is 1. The Morgan fingerprint density at radius 2 is 2.07 bits per heavy atom. The first-order valence-electron chi connectivity index (χ1n) is 4.84. The minimum Gasteiger partial charge on any atom is -0.396 e. The summed E-state index contributed by atoms with van der Waals surface area (Å²) in [5, 5.41) is 4.77. The van der Waals surface area contributed by atoms with E-state index in [-0.39, 0.29) is 0 Å². The Morgan fingerprint density at radius 3 is 2.50 bits per heavy atom. The maximum Gasteiger partial charge on any atom is 0.114 e. The Morgan fingerprint density at radius 1 is 1.43 bits per heavy atom. The van der Waals surface area contributed by atoms with Crippen molar-refractivity contribution in [3.63, 3.8) is 0 Å². The Hall–Kier alpha value is -0.760. The molecule has 0 rings (SSSR count). The molecule has 0 saturated heterocycles. The van der Waals surface area contributed by atoms with Gasteiger partial charge in [0.05, 0.1) is 5.71 Å². The molecule has 0 aliphatic carbocycles. The van der Waals surface area contributed by atoms with Crippen molar-refractivity contribution in [3.8, 4) is 0 Å². The maximum absolute atomic E-state index is 5.94. The van der Waals surface area contributed by atoms with Gasteiger partial charge in [-0.05, 0) is 38.8 Å². The highest BCUT2D eigenvalue weighted by Crippen LogP contribution is 2.12. The molecule has 0 spiro atoms. The van der Waals surface area contributed by atoms with Gasteiger partial charge in [-0.3, -0.25) is 0 Å². The molecule has 80 valence electrons. The van der Waals surface area contributed by atoms with Gasteiger partial charge in [-0.1, -0.05) is 29.8 Å². The van der Waals surface area contributed by atoms with Crippen LogP contribution in [-0.4, -0.2) is 12.3 Å². The third-order valence-corrected chi connectivity index (χ3v) is 2.09. The summed E-state index contributed by atoms with van der Waals surface area (Å²) in [5.74, 6) is 0. The number of halogens is 1. The highest BCUT2D eigenvalue weighted by molar-refractivity contribution is 6.30. The van der Waals surface area contributed by atoms with Crippen molar-refractivity contribution >= 4 is 17.3 Å². The monoisotopic (exact) mass is 215 g/mol. The van der Waals surface area contributed by atoms with E-state index in [1.807, 2.05) is 39.8 Å². The van der Waals surface area contributed by atoms with E-state index in [0.29, 0.717) is 6.61 Å². The maximum atomic E-state index is 5.94. The first-order chi connectivity index (χ1) is 6.65. The number of hydrogen-bond donors (Lipinski definition) is 0. The van der Waals surface area contributed by atoms with Crippen molar-refractivity contribution in [1.82, 2.24) is 0 Å². The molecular weight excluding hydrogens is 198 g/mol. The van der Waals surface area contributed by atoms with E-state index in [4.69, 9.17) is 16.4 Å². The molecule has 0 aromatic heterocycles. The van der Waals surface area contributed by atoms with Gasteiger partial charge < -0.3 is 4.84 Å². The minimum absolute atomic E-state index is 0.583. The Balaban J connectivity index is 4.59. The highest BCUT2D eigenvalue weighted by atomic mass is 35.5. The molecule has 0 fully saturated rings. The van der Waals surface area contributed by atoms with Crippen LogP contribution in [-0.2, 0) is 4.84 Å². The normalized spacial score (nSPS) is 14.5. The van der Waals surface area contributed by atoms with Gasteiger partial charge in [0.25, 0.3) is 0 Å². The summed E-state index contributed by atoms with van der Waals surface area (Å²) in [6.45, 7) is 8.36. The molecule has 14 heavy (non-hydrogen) atoms. The summed E-state index contributed by atoms with van der Waals surface area (Å²) in [6, 6.07) is 0. The zero-order chi connectivity index (χ0) is 11.0. The molecule has 0 radical (unpaired) electrons. The van der Waals surface area contributed by atoms with Crippen molar-refractivity contribution in [1.29, 1.82) is 0 Å². The third-order valence-electron chi connectivity index (χ3n) is 1.71. The van der Waals surface area contributed by atoms with Crippen molar-refractivity contribution in [3.05, 3.63) is 22.8 Å². The number of allylic oxidation sites excluding steroid dienone is 4. The largest absolute Gasteiger partial charge is 0.396 e. The fourth-order valence-electron chi connectivity index (χ4n) is 0.882. The second kappa shape index (κ2) is 7.63. The standard InChI is InChI=1S/C11H18ClNO/c1-5-10(8-11(12)6-2)9(4)13-14-7-3/h5,8H,6-7H2,1-4H3/b10-5+,11-8+,13-9?. The van der Waals surface area contributed by atoms with Crippen LogP contribution in [0.4, 0.5) is 0 Å². The van der Waals surface area contributed by atoms with E-state index in [2.05, 4.69) is 5.16 Å². The third kappa shape index (κ3) is 5.07. The molecule has 0 bridgehead atoms. The predicted molar refractivity (Wildman–Crippen MR) is 62.7 cm³/mol. The molecule has 3 heteroatoms. The first-order valence-corrected chi connectivity index (χ1v) is 5.22. The van der Waals surface area contributed by atoms with Gasteiger partial charge >= 0.3 is 0 Å². The molecule has 0 heterocycles. The molecule has 0 amide bonds. The zero-order valence-electron chi connectivity index (χ0n) is 9.30. The molecular formula is C11H18ClNO. The minimum atomic E-state index is 0.583. The lowest BCUT2D eigenvalue weighted by molar-refractivity contribution is 0.159. The van der Waals surface area contributed by atoms with Crippen LogP contribution in [0.1, 0.15) is 34.1 Å². The molecule has 0 aromatic carbocycles. The molecule has 0 aliphatic heterocycles. The van der Waals surface area contributed by atoms with E-state index in [1.54, 1.807) is 0 Å². The second-order valence-electron chi connectivity index (χ2n) is 2.78. The molecule has 0 N–H and O–H groups in total. The average Bonchev–Trinajstić information content (AvgIpc) is 2.21. The smallest absolute Gasteiger partial charge is 0.114 e. The summed E-state index contributed by atoms with van der Waals surface area (Å²) in [7, 11) is 0. The van der Waals surface area contributed by atoms with Crippen molar-refractivity contribution < 1.29 is 4.84 Å². The zero-order valence-corrected chi connectivity index (χ0v) is 10.1. The van der Waals surface area contributed by atoms with Crippen molar-refractivity contribution in [2.24, 2.45) is 5.16 Å².